The lowest BCUT2D eigenvalue weighted by Gasteiger charge is -2.26. The molecule has 38 heavy (non-hydrogen) atoms. The summed E-state index contributed by atoms with van der Waals surface area (Å²) < 4.78 is 18.0. The van der Waals surface area contributed by atoms with Gasteiger partial charge in [0, 0.05) is 4.47 Å². The summed E-state index contributed by atoms with van der Waals surface area (Å²) in [5.41, 5.74) is 1.66. The van der Waals surface area contributed by atoms with Crippen molar-refractivity contribution in [2.24, 2.45) is 0 Å². The summed E-state index contributed by atoms with van der Waals surface area (Å²) in [5.74, 6) is 0.0773. The first kappa shape index (κ1) is 26.9. The molecule has 8 nitrogen and oxygen atoms in total. The standard InChI is InChI=1S/C29H27BrN2O6/c1-3-4-15-37-23-12-10-22(11-13-23)32-28(34)24(27(33)31-29(32)35)16-20-7-14-25(26(17-20)36-2)38-18-19-5-8-21(30)9-6-19/h5-14,16-17H,3-4,15,18H2,1-2H3,(H,31,33,35)/b24-16-. The molecule has 0 atom stereocenters. The molecule has 0 spiro atoms. The van der Waals surface area contributed by atoms with Crippen LogP contribution in [0.15, 0.2) is 76.8 Å². The number of anilines is 1. The van der Waals surface area contributed by atoms with Crippen molar-refractivity contribution in [2.45, 2.75) is 26.4 Å². The fourth-order valence-corrected chi connectivity index (χ4v) is 3.98. The number of carbonyl (C=O) groups excluding carboxylic acids is 3. The number of urea groups is 1. The van der Waals surface area contributed by atoms with Crippen molar-refractivity contribution in [3.05, 3.63) is 87.9 Å². The molecule has 196 valence electrons. The van der Waals surface area contributed by atoms with Crippen LogP contribution in [-0.2, 0) is 16.2 Å². The number of amides is 4. The minimum Gasteiger partial charge on any atom is -0.494 e. The number of hydrogen-bond acceptors (Lipinski definition) is 6. The molecular weight excluding hydrogens is 552 g/mol. The predicted octanol–water partition coefficient (Wildman–Crippen LogP) is 5.88. The second-order valence-corrected chi connectivity index (χ2v) is 9.39. The molecule has 1 aliphatic heterocycles. The van der Waals surface area contributed by atoms with Crippen LogP contribution in [0.25, 0.3) is 6.08 Å². The minimum absolute atomic E-state index is 0.182. The van der Waals surface area contributed by atoms with Gasteiger partial charge in [-0.2, -0.15) is 0 Å². The number of hydrogen-bond donors (Lipinski definition) is 1. The number of halogens is 1. The van der Waals surface area contributed by atoms with Crippen LogP contribution in [0, 0.1) is 0 Å². The first-order valence-corrected chi connectivity index (χ1v) is 12.9. The molecule has 1 N–H and O–H groups in total. The van der Waals surface area contributed by atoms with Crippen molar-refractivity contribution < 1.29 is 28.6 Å². The van der Waals surface area contributed by atoms with E-state index in [1.54, 1.807) is 42.5 Å². The Balaban J connectivity index is 1.52. The molecule has 1 fully saturated rings. The van der Waals surface area contributed by atoms with Crippen LogP contribution in [0.4, 0.5) is 10.5 Å². The highest BCUT2D eigenvalue weighted by Crippen LogP contribution is 2.31. The number of carbonyl (C=O) groups is 3. The van der Waals surface area contributed by atoms with E-state index in [0.29, 0.717) is 41.7 Å². The Morgan fingerprint density at radius 3 is 2.34 bits per heavy atom. The third-order valence-corrected chi connectivity index (χ3v) is 6.30. The van der Waals surface area contributed by atoms with Crippen LogP contribution in [0.5, 0.6) is 17.2 Å². The Morgan fingerprint density at radius 1 is 0.921 bits per heavy atom. The van der Waals surface area contributed by atoms with Gasteiger partial charge in [0.2, 0.25) is 0 Å². The maximum atomic E-state index is 13.2. The maximum absolute atomic E-state index is 13.2. The number of rotatable bonds is 10. The summed E-state index contributed by atoms with van der Waals surface area (Å²) in [6.45, 7) is 2.99. The largest absolute Gasteiger partial charge is 0.494 e. The highest BCUT2D eigenvalue weighted by atomic mass is 79.9. The molecule has 1 heterocycles. The third-order valence-electron chi connectivity index (χ3n) is 5.77. The van der Waals surface area contributed by atoms with Gasteiger partial charge in [0.05, 0.1) is 19.4 Å². The number of unbranched alkanes of at least 4 members (excludes halogenated alkanes) is 1. The summed E-state index contributed by atoms with van der Waals surface area (Å²) in [6, 6.07) is 18.6. The maximum Gasteiger partial charge on any atom is 0.335 e. The van der Waals surface area contributed by atoms with Gasteiger partial charge in [-0.15, -0.1) is 0 Å². The van der Waals surface area contributed by atoms with Crippen LogP contribution in [-0.4, -0.2) is 31.6 Å². The fraction of sp³-hybridized carbons (Fsp3) is 0.207. The molecule has 4 amide bonds. The molecule has 4 rings (SSSR count). The summed E-state index contributed by atoms with van der Waals surface area (Å²) in [7, 11) is 1.51. The van der Waals surface area contributed by atoms with Crippen molar-refractivity contribution in [2.75, 3.05) is 18.6 Å². The molecule has 3 aromatic carbocycles. The molecule has 3 aromatic rings. The smallest absolute Gasteiger partial charge is 0.335 e. The fourth-order valence-electron chi connectivity index (χ4n) is 3.72. The number of nitrogens with zero attached hydrogens (tertiary/aromatic N) is 1. The van der Waals surface area contributed by atoms with E-state index in [4.69, 9.17) is 14.2 Å². The Kier molecular flexibility index (Phi) is 8.81. The molecular formula is C29H27BrN2O6. The van der Waals surface area contributed by atoms with E-state index in [1.165, 1.54) is 13.2 Å². The average molecular weight is 579 g/mol. The number of benzene rings is 3. The highest BCUT2D eigenvalue weighted by molar-refractivity contribution is 9.10. The van der Waals surface area contributed by atoms with Crippen LogP contribution >= 0.6 is 15.9 Å². The molecule has 0 saturated carbocycles. The van der Waals surface area contributed by atoms with Crippen LogP contribution < -0.4 is 24.4 Å². The summed E-state index contributed by atoms with van der Waals surface area (Å²) >= 11 is 3.41. The van der Waals surface area contributed by atoms with Gasteiger partial charge in [-0.25, -0.2) is 9.69 Å². The summed E-state index contributed by atoms with van der Waals surface area (Å²) in [4.78, 5) is 39.3. The van der Waals surface area contributed by atoms with Gasteiger partial charge in [0.25, 0.3) is 11.8 Å². The van der Waals surface area contributed by atoms with Gasteiger partial charge in [0.1, 0.15) is 17.9 Å². The first-order chi connectivity index (χ1) is 18.4. The lowest BCUT2D eigenvalue weighted by atomic mass is 10.1. The topological polar surface area (TPSA) is 94.2 Å². The van der Waals surface area contributed by atoms with Gasteiger partial charge in [-0.1, -0.05) is 47.5 Å². The molecule has 0 aliphatic carbocycles. The van der Waals surface area contributed by atoms with Crippen molar-refractivity contribution >= 4 is 45.5 Å². The number of ether oxygens (including phenoxy) is 3. The van der Waals surface area contributed by atoms with Gasteiger partial charge in [0.15, 0.2) is 11.5 Å². The Labute approximate surface area is 229 Å². The average Bonchev–Trinajstić information content (AvgIpc) is 2.92. The SMILES string of the molecule is CCCCOc1ccc(N2C(=O)NC(=O)/C(=C/c3ccc(OCc4ccc(Br)cc4)c(OC)c3)C2=O)cc1. The number of methoxy groups -OCH3 is 1. The zero-order chi connectivity index (χ0) is 27.1. The van der Waals surface area contributed by atoms with E-state index in [9.17, 15) is 14.4 Å². The number of nitrogens with one attached hydrogen (secondary N) is 1. The van der Waals surface area contributed by atoms with E-state index in [2.05, 4.69) is 28.2 Å². The molecule has 0 radical (unpaired) electrons. The van der Waals surface area contributed by atoms with E-state index in [1.807, 2.05) is 24.3 Å². The third kappa shape index (κ3) is 6.41. The van der Waals surface area contributed by atoms with Crippen LogP contribution in [0.1, 0.15) is 30.9 Å². The normalized spacial score (nSPS) is 14.4. The van der Waals surface area contributed by atoms with E-state index < -0.39 is 17.8 Å². The molecule has 0 aromatic heterocycles. The van der Waals surface area contributed by atoms with Gasteiger partial charge >= 0.3 is 6.03 Å². The number of imide groups is 2. The zero-order valence-corrected chi connectivity index (χ0v) is 22.6. The Bertz CT molecular complexity index is 1350. The molecule has 0 bridgehead atoms. The minimum atomic E-state index is -0.814. The summed E-state index contributed by atoms with van der Waals surface area (Å²) in [5, 5.41) is 2.24. The lowest BCUT2D eigenvalue weighted by molar-refractivity contribution is -0.122. The van der Waals surface area contributed by atoms with Gasteiger partial charge in [-0.05, 0) is 72.2 Å². The van der Waals surface area contributed by atoms with Crippen molar-refractivity contribution in [3.8, 4) is 17.2 Å². The second-order valence-electron chi connectivity index (χ2n) is 8.48. The van der Waals surface area contributed by atoms with E-state index in [-0.39, 0.29) is 5.57 Å². The van der Waals surface area contributed by atoms with Crippen LogP contribution in [0.2, 0.25) is 0 Å². The quantitative estimate of drug-likeness (QED) is 0.183. The second kappa shape index (κ2) is 12.4. The van der Waals surface area contributed by atoms with Gasteiger partial charge in [-0.3, -0.25) is 14.9 Å². The van der Waals surface area contributed by atoms with E-state index >= 15 is 0 Å². The predicted molar refractivity (Wildman–Crippen MR) is 147 cm³/mol. The monoisotopic (exact) mass is 578 g/mol. The Morgan fingerprint density at radius 2 is 1.66 bits per heavy atom. The van der Waals surface area contributed by atoms with Crippen LogP contribution in [0.3, 0.4) is 0 Å². The van der Waals surface area contributed by atoms with Crippen molar-refractivity contribution in [3.63, 3.8) is 0 Å². The Hall–Kier alpha value is -4.11. The molecule has 1 aliphatic rings. The molecule has 0 unspecified atom stereocenters. The van der Waals surface area contributed by atoms with E-state index in [0.717, 1.165) is 27.8 Å². The van der Waals surface area contributed by atoms with Crippen molar-refractivity contribution in [1.82, 2.24) is 5.32 Å². The highest BCUT2D eigenvalue weighted by Gasteiger charge is 2.36. The zero-order valence-electron chi connectivity index (χ0n) is 21.0. The van der Waals surface area contributed by atoms with Crippen molar-refractivity contribution in [1.29, 1.82) is 0 Å². The first-order valence-electron chi connectivity index (χ1n) is 12.1. The summed E-state index contributed by atoms with van der Waals surface area (Å²) in [6.07, 6.45) is 3.35. The molecule has 1 saturated heterocycles. The lowest BCUT2D eigenvalue weighted by Crippen LogP contribution is -2.54. The van der Waals surface area contributed by atoms with Gasteiger partial charge < -0.3 is 14.2 Å². The molecule has 9 heteroatoms. The number of barbiturate groups is 1.